The van der Waals surface area contributed by atoms with E-state index >= 15 is 0 Å². The van der Waals surface area contributed by atoms with Crippen LogP contribution in [0.1, 0.15) is 17.0 Å². The Kier molecular flexibility index (Phi) is 4.78. The number of nitriles is 2. The molecule has 0 saturated carbocycles. The monoisotopic (exact) mass is 418 g/mol. The second-order valence-corrected chi connectivity index (χ2v) is 7.57. The number of thiazole rings is 1. The molecule has 1 atom stereocenters. The van der Waals surface area contributed by atoms with Crippen LogP contribution in [0.25, 0.3) is 17.5 Å². The summed E-state index contributed by atoms with van der Waals surface area (Å²) in [6.07, 6.45) is 1.49. The summed E-state index contributed by atoms with van der Waals surface area (Å²) in [7, 11) is 0. The summed E-state index contributed by atoms with van der Waals surface area (Å²) in [6, 6.07) is 15.3. The van der Waals surface area contributed by atoms with Crippen LogP contribution in [-0.2, 0) is 0 Å². The van der Waals surface area contributed by atoms with Crippen molar-refractivity contribution in [1.82, 2.24) is 4.57 Å². The van der Waals surface area contributed by atoms with E-state index in [1.165, 1.54) is 42.5 Å². The SMILES string of the molecule is N#CC1=C(N)n2c(s/c(=C/c3cccc(F)c3)c2=O)=C(C#N)C1c1cccc(F)c1. The molecule has 0 amide bonds. The van der Waals surface area contributed by atoms with Crippen molar-refractivity contribution in [3.8, 4) is 12.1 Å². The molecule has 1 aromatic heterocycles. The summed E-state index contributed by atoms with van der Waals surface area (Å²) in [6.45, 7) is 0. The highest BCUT2D eigenvalue weighted by atomic mass is 32.1. The molecule has 0 aliphatic carbocycles. The molecule has 1 aliphatic heterocycles. The first kappa shape index (κ1) is 19.3. The van der Waals surface area contributed by atoms with Crippen LogP contribution in [0.3, 0.4) is 0 Å². The van der Waals surface area contributed by atoms with Crippen LogP contribution in [0, 0.1) is 34.3 Å². The van der Waals surface area contributed by atoms with Crippen molar-refractivity contribution in [3.05, 3.63) is 96.4 Å². The van der Waals surface area contributed by atoms with Crippen LogP contribution < -0.4 is 20.5 Å². The molecule has 0 radical (unpaired) electrons. The zero-order valence-electron chi connectivity index (χ0n) is 15.3. The Hall–Kier alpha value is -4.01. The van der Waals surface area contributed by atoms with Gasteiger partial charge >= 0.3 is 0 Å². The molecule has 1 unspecified atom stereocenters. The summed E-state index contributed by atoms with van der Waals surface area (Å²) in [5, 5.41) is 19.5. The number of allylic oxidation sites excluding steroid dienone is 1. The van der Waals surface area contributed by atoms with Crippen molar-refractivity contribution >= 4 is 28.8 Å². The van der Waals surface area contributed by atoms with Gasteiger partial charge in [0.25, 0.3) is 5.56 Å². The standard InChI is InChI=1S/C22H12F2N4OS/c23-14-5-1-3-12(7-14)8-18-21(29)28-20(27)16(10-25)19(17(11-26)22(28)30-18)13-4-2-6-15(24)9-13/h1-9,19H,27H2/b18-8+. The molecular weight excluding hydrogens is 406 g/mol. The molecule has 146 valence electrons. The molecule has 1 aliphatic rings. The van der Waals surface area contributed by atoms with Gasteiger partial charge in [0.05, 0.1) is 33.7 Å². The molecule has 2 N–H and O–H groups in total. The van der Waals surface area contributed by atoms with Crippen LogP contribution in [0.4, 0.5) is 8.78 Å². The molecular formula is C22H12F2N4OS. The first-order valence-electron chi connectivity index (χ1n) is 8.73. The zero-order valence-corrected chi connectivity index (χ0v) is 16.1. The van der Waals surface area contributed by atoms with Gasteiger partial charge in [-0.25, -0.2) is 8.78 Å². The third-order valence-electron chi connectivity index (χ3n) is 4.72. The molecule has 2 aromatic carbocycles. The first-order chi connectivity index (χ1) is 14.4. The Bertz CT molecular complexity index is 1480. The minimum atomic E-state index is -0.893. The highest BCUT2D eigenvalue weighted by Crippen LogP contribution is 2.35. The Morgan fingerprint density at radius 1 is 1.03 bits per heavy atom. The van der Waals surface area contributed by atoms with E-state index in [0.717, 1.165) is 15.9 Å². The van der Waals surface area contributed by atoms with Crippen molar-refractivity contribution < 1.29 is 8.78 Å². The lowest BCUT2D eigenvalue weighted by Gasteiger charge is -2.22. The number of nitrogens with two attached hydrogens (primary N) is 1. The second-order valence-electron chi connectivity index (χ2n) is 6.54. The topological polar surface area (TPSA) is 95.6 Å². The smallest absolute Gasteiger partial charge is 0.274 e. The van der Waals surface area contributed by atoms with Crippen molar-refractivity contribution in [3.63, 3.8) is 0 Å². The van der Waals surface area contributed by atoms with Crippen LogP contribution in [0.5, 0.6) is 0 Å². The van der Waals surface area contributed by atoms with E-state index in [0.29, 0.717) is 11.1 Å². The summed E-state index contributed by atoms with van der Waals surface area (Å²) < 4.78 is 28.9. The Morgan fingerprint density at radius 2 is 1.70 bits per heavy atom. The van der Waals surface area contributed by atoms with Crippen LogP contribution in [-0.4, -0.2) is 4.57 Å². The van der Waals surface area contributed by atoms with Crippen LogP contribution >= 0.6 is 11.3 Å². The number of hydrogen-bond donors (Lipinski definition) is 1. The van der Waals surface area contributed by atoms with Gasteiger partial charge in [0.2, 0.25) is 0 Å². The third-order valence-corrected chi connectivity index (χ3v) is 5.83. The van der Waals surface area contributed by atoms with E-state index in [1.807, 2.05) is 6.07 Å². The molecule has 3 aromatic rings. The quantitative estimate of drug-likeness (QED) is 0.690. The lowest BCUT2D eigenvalue weighted by atomic mass is 9.84. The van der Waals surface area contributed by atoms with Gasteiger partial charge in [0.1, 0.15) is 22.1 Å². The predicted octanol–water partition coefficient (Wildman–Crippen LogP) is 2.14. The minimum absolute atomic E-state index is 0.0122. The molecule has 0 fully saturated rings. The van der Waals surface area contributed by atoms with E-state index in [-0.39, 0.29) is 26.2 Å². The van der Waals surface area contributed by atoms with Gasteiger partial charge in [-0.2, -0.15) is 10.5 Å². The molecule has 0 spiro atoms. The Labute approximate surface area is 173 Å². The van der Waals surface area contributed by atoms with Gasteiger partial charge in [-0.05, 0) is 41.5 Å². The van der Waals surface area contributed by atoms with E-state index < -0.39 is 23.1 Å². The van der Waals surface area contributed by atoms with Crippen LogP contribution in [0.15, 0.2) is 58.9 Å². The zero-order chi connectivity index (χ0) is 21.4. The summed E-state index contributed by atoms with van der Waals surface area (Å²) in [4.78, 5) is 13.0. The maximum absolute atomic E-state index is 13.8. The second kappa shape index (κ2) is 7.43. The fourth-order valence-electron chi connectivity index (χ4n) is 3.42. The number of aromatic nitrogens is 1. The van der Waals surface area contributed by atoms with E-state index in [4.69, 9.17) is 5.73 Å². The van der Waals surface area contributed by atoms with E-state index in [1.54, 1.807) is 12.1 Å². The van der Waals surface area contributed by atoms with Gasteiger partial charge in [-0.15, -0.1) is 11.3 Å². The van der Waals surface area contributed by atoms with Crippen molar-refractivity contribution in [2.75, 3.05) is 0 Å². The summed E-state index contributed by atoms with van der Waals surface area (Å²) in [5.41, 5.74) is 6.59. The number of nitrogens with zero attached hydrogens (tertiary/aromatic N) is 3. The van der Waals surface area contributed by atoms with Gasteiger partial charge in [0, 0.05) is 0 Å². The van der Waals surface area contributed by atoms with Gasteiger partial charge in [0.15, 0.2) is 0 Å². The average molecular weight is 418 g/mol. The van der Waals surface area contributed by atoms with Gasteiger partial charge in [-0.1, -0.05) is 24.3 Å². The largest absolute Gasteiger partial charge is 0.384 e. The lowest BCUT2D eigenvalue weighted by molar-refractivity contribution is 0.625. The lowest BCUT2D eigenvalue weighted by Crippen LogP contribution is -2.38. The maximum Gasteiger partial charge on any atom is 0.274 e. The number of fused-ring (bicyclic) bond motifs is 1. The fourth-order valence-corrected chi connectivity index (χ4v) is 4.55. The Morgan fingerprint density at radius 3 is 2.33 bits per heavy atom. The van der Waals surface area contributed by atoms with Gasteiger partial charge < -0.3 is 5.73 Å². The maximum atomic E-state index is 13.8. The van der Waals surface area contributed by atoms with Crippen molar-refractivity contribution in [2.45, 2.75) is 5.92 Å². The predicted molar refractivity (Wildman–Crippen MR) is 109 cm³/mol. The number of rotatable bonds is 2. The highest BCUT2D eigenvalue weighted by molar-refractivity contribution is 7.07. The number of hydrogen-bond acceptors (Lipinski definition) is 5. The van der Waals surface area contributed by atoms with Crippen molar-refractivity contribution in [1.29, 1.82) is 10.5 Å². The summed E-state index contributed by atoms with van der Waals surface area (Å²) in [5.74, 6) is -1.97. The molecule has 30 heavy (non-hydrogen) atoms. The molecule has 5 nitrogen and oxygen atoms in total. The number of halogens is 2. The van der Waals surface area contributed by atoms with E-state index in [2.05, 4.69) is 6.07 Å². The van der Waals surface area contributed by atoms with Crippen LogP contribution in [0.2, 0.25) is 0 Å². The molecule has 8 heteroatoms. The molecule has 4 rings (SSSR count). The third kappa shape index (κ3) is 3.10. The fraction of sp³-hybridized carbons (Fsp3) is 0.0455. The first-order valence-corrected chi connectivity index (χ1v) is 9.55. The molecule has 0 saturated heterocycles. The van der Waals surface area contributed by atoms with E-state index in [9.17, 15) is 24.1 Å². The van der Waals surface area contributed by atoms with Gasteiger partial charge in [-0.3, -0.25) is 9.36 Å². The highest BCUT2D eigenvalue weighted by Gasteiger charge is 2.32. The minimum Gasteiger partial charge on any atom is -0.384 e. The molecule has 0 bridgehead atoms. The summed E-state index contributed by atoms with van der Waals surface area (Å²) >= 11 is 1.01. The normalized spacial score (nSPS) is 16.2. The average Bonchev–Trinajstić information content (AvgIpc) is 3.04. The number of benzene rings is 2. The van der Waals surface area contributed by atoms with Crippen molar-refractivity contribution in [2.24, 2.45) is 5.73 Å². The molecule has 2 heterocycles. The Balaban J connectivity index is 2.07.